The second-order valence-electron chi connectivity index (χ2n) is 6.53. The summed E-state index contributed by atoms with van der Waals surface area (Å²) in [6.07, 6.45) is 3.36. The van der Waals surface area contributed by atoms with Crippen LogP contribution in [0.25, 0.3) is 33.8 Å². The molecule has 0 atom stereocenters. The molecule has 0 aliphatic heterocycles. The second kappa shape index (κ2) is 5.63. The number of hydrogen-bond donors (Lipinski definition) is 1. The van der Waals surface area contributed by atoms with E-state index in [0.29, 0.717) is 22.7 Å². The van der Waals surface area contributed by atoms with Crippen LogP contribution in [0.4, 0.5) is 0 Å². The number of hydrogen-bond acceptors (Lipinski definition) is 5. The van der Waals surface area contributed by atoms with Gasteiger partial charge in [-0.25, -0.2) is 19.2 Å². The Kier molecular flexibility index (Phi) is 3.24. The molecule has 132 valence electrons. The molecule has 27 heavy (non-hydrogen) atoms. The van der Waals surface area contributed by atoms with Gasteiger partial charge in [-0.1, -0.05) is 18.2 Å². The summed E-state index contributed by atoms with van der Waals surface area (Å²) < 4.78 is 3.41. The zero-order valence-corrected chi connectivity index (χ0v) is 14.8. The van der Waals surface area contributed by atoms with Crippen LogP contribution in [-0.2, 0) is 0 Å². The van der Waals surface area contributed by atoms with Gasteiger partial charge in [0.15, 0.2) is 17.1 Å². The minimum atomic E-state index is 0.142. The maximum atomic E-state index is 10.1. The molecule has 0 fully saturated rings. The molecule has 0 bridgehead atoms. The quantitative estimate of drug-likeness (QED) is 0.524. The Morgan fingerprint density at radius 3 is 2.63 bits per heavy atom. The van der Waals surface area contributed by atoms with Gasteiger partial charge in [0.1, 0.15) is 12.1 Å². The van der Waals surface area contributed by atoms with E-state index in [9.17, 15) is 5.11 Å². The molecule has 0 amide bonds. The van der Waals surface area contributed by atoms with E-state index in [1.165, 1.54) is 11.1 Å². The summed E-state index contributed by atoms with van der Waals surface area (Å²) in [4.78, 5) is 9.13. The van der Waals surface area contributed by atoms with Crippen LogP contribution in [0.5, 0.6) is 5.75 Å². The highest BCUT2D eigenvalue weighted by Crippen LogP contribution is 2.28. The summed E-state index contributed by atoms with van der Waals surface area (Å²) in [6.45, 7) is 4.16. The van der Waals surface area contributed by atoms with Gasteiger partial charge in [0.2, 0.25) is 0 Å². The number of benzene rings is 2. The van der Waals surface area contributed by atoms with Crippen LogP contribution in [0.15, 0.2) is 55.0 Å². The standard InChI is InChI=1S/C20H16N6O/c1-12-7-8-14(9-13(12)2)26-19-16(10-22-26)20-23-18(24-25(20)11-21-19)15-5-3-4-6-17(15)27/h3-11,27H,1-2H3. The number of fused-ring (bicyclic) bond motifs is 3. The predicted octanol–water partition coefficient (Wildman–Crippen LogP) is 3.45. The number of phenolic OH excluding ortho intramolecular Hbond substituents is 1. The summed E-state index contributed by atoms with van der Waals surface area (Å²) >= 11 is 0. The molecule has 0 spiro atoms. The van der Waals surface area contributed by atoms with Crippen LogP contribution in [0, 0.1) is 13.8 Å². The van der Waals surface area contributed by atoms with Gasteiger partial charge in [-0.3, -0.25) is 0 Å². The highest BCUT2D eigenvalue weighted by molar-refractivity contribution is 5.90. The van der Waals surface area contributed by atoms with Crippen molar-refractivity contribution in [2.75, 3.05) is 0 Å². The molecular weight excluding hydrogens is 340 g/mol. The molecule has 7 nitrogen and oxygen atoms in total. The molecule has 0 saturated heterocycles. The summed E-state index contributed by atoms with van der Waals surface area (Å²) in [5.74, 6) is 0.588. The average Bonchev–Trinajstić information content (AvgIpc) is 3.28. The van der Waals surface area contributed by atoms with E-state index in [1.54, 1.807) is 39.9 Å². The topological polar surface area (TPSA) is 81.1 Å². The van der Waals surface area contributed by atoms with Gasteiger partial charge in [0.25, 0.3) is 0 Å². The number of nitrogens with zero attached hydrogens (tertiary/aromatic N) is 6. The van der Waals surface area contributed by atoms with Gasteiger partial charge < -0.3 is 5.11 Å². The van der Waals surface area contributed by atoms with Crippen LogP contribution in [0.2, 0.25) is 0 Å². The summed E-state index contributed by atoms with van der Waals surface area (Å²) in [5, 5.41) is 19.8. The molecule has 7 heteroatoms. The van der Waals surface area contributed by atoms with E-state index in [4.69, 9.17) is 0 Å². The predicted molar refractivity (Wildman–Crippen MR) is 102 cm³/mol. The lowest BCUT2D eigenvalue weighted by atomic mass is 10.1. The molecule has 2 aromatic carbocycles. The summed E-state index contributed by atoms with van der Waals surface area (Å²) in [6, 6.07) is 13.2. The number of phenols is 1. The largest absolute Gasteiger partial charge is 0.507 e. The number of aromatic nitrogens is 6. The molecule has 3 aromatic heterocycles. The Labute approximate surface area is 154 Å². The minimum absolute atomic E-state index is 0.142. The van der Waals surface area contributed by atoms with Crippen LogP contribution in [-0.4, -0.2) is 34.5 Å². The molecule has 5 rings (SSSR count). The first-order chi connectivity index (χ1) is 13.1. The lowest BCUT2D eigenvalue weighted by Gasteiger charge is -2.06. The van der Waals surface area contributed by atoms with E-state index in [1.807, 2.05) is 12.1 Å². The Morgan fingerprint density at radius 1 is 0.963 bits per heavy atom. The van der Waals surface area contributed by atoms with Crippen molar-refractivity contribution in [2.24, 2.45) is 0 Å². The Morgan fingerprint density at radius 2 is 1.81 bits per heavy atom. The zero-order valence-electron chi connectivity index (χ0n) is 14.8. The van der Waals surface area contributed by atoms with E-state index in [0.717, 1.165) is 11.1 Å². The van der Waals surface area contributed by atoms with E-state index < -0.39 is 0 Å². The Bertz CT molecular complexity index is 1320. The number of aromatic hydroxyl groups is 1. The minimum Gasteiger partial charge on any atom is -0.507 e. The average molecular weight is 356 g/mol. The third-order valence-electron chi connectivity index (χ3n) is 4.79. The van der Waals surface area contributed by atoms with Crippen molar-refractivity contribution in [3.8, 4) is 22.8 Å². The van der Waals surface area contributed by atoms with Crippen molar-refractivity contribution >= 4 is 16.7 Å². The van der Waals surface area contributed by atoms with Crippen molar-refractivity contribution in [3.63, 3.8) is 0 Å². The molecule has 3 heterocycles. The first-order valence-corrected chi connectivity index (χ1v) is 8.57. The highest BCUT2D eigenvalue weighted by Gasteiger charge is 2.16. The van der Waals surface area contributed by atoms with E-state index in [2.05, 4.69) is 46.1 Å². The van der Waals surface area contributed by atoms with Crippen molar-refractivity contribution in [1.29, 1.82) is 0 Å². The lowest BCUT2D eigenvalue weighted by Crippen LogP contribution is -1.99. The van der Waals surface area contributed by atoms with Crippen molar-refractivity contribution in [2.45, 2.75) is 13.8 Å². The molecule has 5 aromatic rings. The molecule has 0 aliphatic carbocycles. The first kappa shape index (κ1) is 15.5. The molecule has 1 N–H and O–H groups in total. The third-order valence-corrected chi connectivity index (χ3v) is 4.79. The van der Waals surface area contributed by atoms with Gasteiger partial charge in [0.05, 0.1) is 22.8 Å². The SMILES string of the molecule is Cc1ccc(-n2ncc3c2ncn2nc(-c4ccccc4O)nc32)cc1C. The monoisotopic (exact) mass is 356 g/mol. The van der Waals surface area contributed by atoms with Gasteiger partial charge in [-0.2, -0.15) is 5.10 Å². The molecule has 0 radical (unpaired) electrons. The lowest BCUT2D eigenvalue weighted by molar-refractivity contribution is 0.477. The maximum absolute atomic E-state index is 10.1. The fraction of sp³-hybridized carbons (Fsp3) is 0.100. The van der Waals surface area contributed by atoms with Gasteiger partial charge >= 0.3 is 0 Å². The molecule has 0 saturated carbocycles. The zero-order chi connectivity index (χ0) is 18.5. The van der Waals surface area contributed by atoms with Crippen molar-refractivity contribution in [1.82, 2.24) is 29.4 Å². The van der Waals surface area contributed by atoms with Gasteiger partial charge in [-0.15, -0.1) is 5.10 Å². The normalized spacial score (nSPS) is 11.5. The fourth-order valence-corrected chi connectivity index (χ4v) is 3.14. The van der Waals surface area contributed by atoms with Crippen LogP contribution < -0.4 is 0 Å². The van der Waals surface area contributed by atoms with Crippen molar-refractivity contribution < 1.29 is 5.11 Å². The molecular formula is C20H16N6O. The van der Waals surface area contributed by atoms with Gasteiger partial charge in [-0.05, 0) is 49.2 Å². The summed E-state index contributed by atoms with van der Waals surface area (Å²) in [5.41, 5.74) is 5.31. The number of rotatable bonds is 2. The van der Waals surface area contributed by atoms with E-state index in [-0.39, 0.29) is 5.75 Å². The van der Waals surface area contributed by atoms with Crippen LogP contribution in [0.1, 0.15) is 11.1 Å². The van der Waals surface area contributed by atoms with E-state index >= 15 is 0 Å². The van der Waals surface area contributed by atoms with Crippen LogP contribution in [0.3, 0.4) is 0 Å². The number of aryl methyl sites for hydroxylation is 2. The maximum Gasteiger partial charge on any atom is 0.185 e. The number of para-hydroxylation sites is 1. The Balaban J connectivity index is 1.71. The van der Waals surface area contributed by atoms with Gasteiger partial charge in [0, 0.05) is 0 Å². The summed E-state index contributed by atoms with van der Waals surface area (Å²) in [7, 11) is 0. The van der Waals surface area contributed by atoms with Crippen LogP contribution >= 0.6 is 0 Å². The highest BCUT2D eigenvalue weighted by atomic mass is 16.3. The first-order valence-electron chi connectivity index (χ1n) is 8.57. The Hall–Kier alpha value is -3.74. The second-order valence-corrected chi connectivity index (χ2v) is 6.53. The van der Waals surface area contributed by atoms with Crippen molar-refractivity contribution in [3.05, 3.63) is 66.1 Å². The molecule has 0 unspecified atom stereocenters. The molecule has 0 aliphatic rings. The fourth-order valence-electron chi connectivity index (χ4n) is 3.14. The third kappa shape index (κ3) is 2.36. The smallest absolute Gasteiger partial charge is 0.185 e.